The second-order valence-corrected chi connectivity index (χ2v) is 7.64. The van der Waals surface area contributed by atoms with Gasteiger partial charge in [0.1, 0.15) is 17.1 Å². The zero-order valence-electron chi connectivity index (χ0n) is 17.9. The molecule has 0 radical (unpaired) electrons. The molecule has 0 fully saturated rings. The molecule has 3 aromatic carbocycles. The summed E-state index contributed by atoms with van der Waals surface area (Å²) in [5.74, 6) is 0.894. The number of ether oxygens (including phenoxy) is 2. The van der Waals surface area contributed by atoms with Gasteiger partial charge in [-0.05, 0) is 42.3 Å². The predicted octanol–water partition coefficient (Wildman–Crippen LogP) is 6.81. The van der Waals surface area contributed by atoms with Gasteiger partial charge in [-0.25, -0.2) is 0 Å². The summed E-state index contributed by atoms with van der Waals surface area (Å²) in [6.07, 6.45) is 3.27. The number of anilines is 1. The largest absolute Gasteiger partial charge is 0.496 e. The van der Waals surface area contributed by atoms with E-state index in [-0.39, 0.29) is 5.91 Å². The lowest BCUT2D eigenvalue weighted by Gasteiger charge is -2.11. The van der Waals surface area contributed by atoms with Gasteiger partial charge in [0.2, 0.25) is 5.91 Å². The highest BCUT2D eigenvalue weighted by Crippen LogP contribution is 2.37. The molecule has 4 rings (SSSR count). The van der Waals surface area contributed by atoms with Crippen LogP contribution in [0.1, 0.15) is 12.5 Å². The highest BCUT2D eigenvalue weighted by Gasteiger charge is 2.15. The summed E-state index contributed by atoms with van der Waals surface area (Å²) in [6.45, 7) is 1.87. The molecule has 5 nitrogen and oxygen atoms in total. The summed E-state index contributed by atoms with van der Waals surface area (Å²) < 4.78 is 16.5. The molecule has 162 valence electrons. The third-order valence-corrected chi connectivity index (χ3v) is 5.47. The Kier molecular flexibility index (Phi) is 6.19. The van der Waals surface area contributed by atoms with Crippen LogP contribution in [0.4, 0.5) is 5.69 Å². The van der Waals surface area contributed by atoms with Crippen molar-refractivity contribution in [3.05, 3.63) is 83.6 Å². The number of hydrogen-bond acceptors (Lipinski definition) is 4. The summed E-state index contributed by atoms with van der Waals surface area (Å²) in [7, 11) is 3.14. The third-order valence-electron chi connectivity index (χ3n) is 5.17. The van der Waals surface area contributed by atoms with Crippen LogP contribution >= 0.6 is 11.6 Å². The number of carbonyl (C=O) groups is 1. The van der Waals surface area contributed by atoms with Gasteiger partial charge in [0.25, 0.3) is 0 Å². The van der Waals surface area contributed by atoms with Gasteiger partial charge in [-0.3, -0.25) is 4.79 Å². The maximum atomic E-state index is 12.6. The Morgan fingerprint density at radius 2 is 1.75 bits per heavy atom. The first-order chi connectivity index (χ1) is 15.5. The molecule has 0 aliphatic heterocycles. The quantitative estimate of drug-likeness (QED) is 0.330. The topological polar surface area (TPSA) is 60.7 Å². The minimum atomic E-state index is -0.277. The number of rotatable bonds is 6. The van der Waals surface area contributed by atoms with Crippen LogP contribution in [0.3, 0.4) is 0 Å². The van der Waals surface area contributed by atoms with Crippen LogP contribution in [0, 0.1) is 0 Å². The van der Waals surface area contributed by atoms with Crippen molar-refractivity contribution in [2.45, 2.75) is 6.92 Å². The number of benzene rings is 3. The fraction of sp³-hybridized carbons (Fsp3) is 0.115. The molecular formula is C26H22ClNO4. The van der Waals surface area contributed by atoms with Crippen LogP contribution in [0.2, 0.25) is 5.02 Å². The number of halogens is 1. The Labute approximate surface area is 191 Å². The molecule has 6 heteroatoms. The van der Waals surface area contributed by atoms with Crippen molar-refractivity contribution in [2.75, 3.05) is 19.5 Å². The molecule has 4 aromatic rings. The van der Waals surface area contributed by atoms with E-state index in [2.05, 4.69) is 5.32 Å². The van der Waals surface area contributed by atoms with Gasteiger partial charge in [-0.2, -0.15) is 0 Å². The van der Waals surface area contributed by atoms with Crippen LogP contribution in [-0.4, -0.2) is 20.1 Å². The maximum Gasteiger partial charge on any atom is 0.248 e. The number of hydrogen-bond donors (Lipinski definition) is 1. The molecule has 0 saturated carbocycles. The molecule has 0 aliphatic rings. The summed E-state index contributed by atoms with van der Waals surface area (Å²) in [4.78, 5) is 12.6. The number of allylic oxidation sites excluding steroid dienone is 1. The standard InChI is InChI=1S/C26H22ClNO4/c1-16(11-26(29)28-18-9-10-23(30-2)22(27)12-18)19-13-20-21(17-7-5-4-6-8-17)15-32-25(20)14-24(19)31-3/h4-15H,1-3H3,(H,28,29)/b16-11+. The number of nitrogens with one attached hydrogen (secondary N) is 1. The zero-order chi connectivity index (χ0) is 22.7. The number of carbonyl (C=O) groups excluding carboxylic acids is 1. The highest BCUT2D eigenvalue weighted by molar-refractivity contribution is 6.32. The van der Waals surface area contributed by atoms with Gasteiger partial charge < -0.3 is 19.2 Å². The summed E-state index contributed by atoms with van der Waals surface area (Å²) >= 11 is 6.15. The Balaban J connectivity index is 1.67. The molecule has 0 spiro atoms. The van der Waals surface area contributed by atoms with E-state index in [1.807, 2.05) is 49.4 Å². The van der Waals surface area contributed by atoms with Crippen molar-refractivity contribution in [2.24, 2.45) is 0 Å². The second-order valence-electron chi connectivity index (χ2n) is 7.23. The lowest BCUT2D eigenvalue weighted by Crippen LogP contribution is -2.08. The molecule has 1 aromatic heterocycles. The second kappa shape index (κ2) is 9.20. The van der Waals surface area contributed by atoms with E-state index in [9.17, 15) is 4.79 Å². The molecule has 1 heterocycles. The van der Waals surface area contributed by atoms with E-state index < -0.39 is 0 Å². The van der Waals surface area contributed by atoms with E-state index >= 15 is 0 Å². The molecule has 1 amide bonds. The fourth-order valence-corrected chi connectivity index (χ4v) is 3.83. The van der Waals surface area contributed by atoms with Crippen molar-refractivity contribution < 1.29 is 18.7 Å². The third kappa shape index (κ3) is 4.34. The average Bonchev–Trinajstić information content (AvgIpc) is 3.21. The molecule has 32 heavy (non-hydrogen) atoms. The number of amides is 1. The summed E-state index contributed by atoms with van der Waals surface area (Å²) in [5.41, 5.74) is 4.89. The van der Waals surface area contributed by atoms with E-state index in [1.54, 1.807) is 38.7 Å². The van der Waals surface area contributed by atoms with Crippen molar-refractivity contribution in [1.29, 1.82) is 0 Å². The number of fused-ring (bicyclic) bond motifs is 1. The van der Waals surface area contributed by atoms with Gasteiger partial charge in [0.15, 0.2) is 0 Å². The van der Waals surface area contributed by atoms with Gasteiger partial charge >= 0.3 is 0 Å². The monoisotopic (exact) mass is 447 g/mol. The number of methoxy groups -OCH3 is 2. The van der Waals surface area contributed by atoms with E-state index in [4.69, 9.17) is 25.5 Å². The molecule has 1 N–H and O–H groups in total. The molecule has 0 saturated heterocycles. The lowest BCUT2D eigenvalue weighted by atomic mass is 9.99. The predicted molar refractivity (Wildman–Crippen MR) is 128 cm³/mol. The summed E-state index contributed by atoms with van der Waals surface area (Å²) in [5, 5.41) is 4.20. The minimum absolute atomic E-state index is 0.277. The first-order valence-electron chi connectivity index (χ1n) is 9.98. The SMILES string of the molecule is COc1ccc(NC(=O)/C=C(\C)c2cc3c(-c4ccccc4)coc3cc2OC)cc1Cl. The zero-order valence-corrected chi connectivity index (χ0v) is 18.7. The van der Waals surface area contributed by atoms with Gasteiger partial charge in [-0.1, -0.05) is 41.9 Å². The minimum Gasteiger partial charge on any atom is -0.496 e. The Hall–Kier alpha value is -3.70. The van der Waals surface area contributed by atoms with E-state index in [0.29, 0.717) is 22.2 Å². The Bertz CT molecular complexity index is 1310. The molecular weight excluding hydrogens is 426 g/mol. The van der Waals surface area contributed by atoms with Gasteiger partial charge in [-0.15, -0.1) is 0 Å². The van der Waals surface area contributed by atoms with Gasteiger partial charge in [0.05, 0.1) is 25.5 Å². The van der Waals surface area contributed by atoms with Crippen molar-refractivity contribution >= 4 is 39.7 Å². The highest BCUT2D eigenvalue weighted by atomic mass is 35.5. The maximum absolute atomic E-state index is 12.6. The van der Waals surface area contributed by atoms with E-state index in [0.717, 1.165) is 33.2 Å². The van der Waals surface area contributed by atoms with Crippen molar-refractivity contribution in [1.82, 2.24) is 0 Å². The summed E-state index contributed by atoms with van der Waals surface area (Å²) in [6, 6.07) is 18.9. The smallest absolute Gasteiger partial charge is 0.248 e. The molecule has 0 unspecified atom stereocenters. The number of furan rings is 1. The first kappa shape index (κ1) is 21.5. The Morgan fingerprint density at radius 3 is 2.44 bits per heavy atom. The van der Waals surface area contributed by atoms with Crippen LogP contribution in [-0.2, 0) is 4.79 Å². The van der Waals surface area contributed by atoms with Crippen molar-refractivity contribution in [3.63, 3.8) is 0 Å². The van der Waals surface area contributed by atoms with Gasteiger partial charge in [0, 0.05) is 34.3 Å². The fourth-order valence-electron chi connectivity index (χ4n) is 3.57. The molecule has 0 atom stereocenters. The first-order valence-corrected chi connectivity index (χ1v) is 10.4. The van der Waals surface area contributed by atoms with Crippen LogP contribution < -0.4 is 14.8 Å². The molecule has 0 aliphatic carbocycles. The Morgan fingerprint density at radius 1 is 1.00 bits per heavy atom. The van der Waals surface area contributed by atoms with Crippen molar-refractivity contribution in [3.8, 4) is 22.6 Å². The molecule has 0 bridgehead atoms. The van der Waals surface area contributed by atoms with E-state index in [1.165, 1.54) is 6.08 Å². The average molecular weight is 448 g/mol. The lowest BCUT2D eigenvalue weighted by molar-refractivity contribution is -0.111. The van der Waals surface area contributed by atoms with Crippen LogP contribution in [0.25, 0.3) is 27.7 Å². The van der Waals surface area contributed by atoms with Crippen LogP contribution in [0.15, 0.2) is 77.4 Å². The van der Waals surface area contributed by atoms with Crippen LogP contribution in [0.5, 0.6) is 11.5 Å². The normalized spacial score (nSPS) is 11.4.